The van der Waals surface area contributed by atoms with E-state index >= 15 is 0 Å². The number of rotatable bonds is 16. The third-order valence-corrected chi connectivity index (χ3v) is 14.9. The van der Waals surface area contributed by atoms with E-state index in [4.69, 9.17) is 9.47 Å². The number of amides is 3. The zero-order valence-corrected chi connectivity index (χ0v) is 41.7. The van der Waals surface area contributed by atoms with E-state index in [9.17, 15) is 19.2 Å². The van der Waals surface area contributed by atoms with E-state index in [1.807, 2.05) is 102 Å². The number of carbonyl (C=O) groups excluding carboxylic acids is 3. The van der Waals surface area contributed by atoms with E-state index < -0.39 is 0 Å². The summed E-state index contributed by atoms with van der Waals surface area (Å²) in [6.45, 7) is 16.3. The minimum absolute atomic E-state index is 0.00689. The van der Waals surface area contributed by atoms with Crippen LogP contribution in [0.5, 0.6) is 11.5 Å². The average molecular weight is 967 g/mol. The van der Waals surface area contributed by atoms with Crippen LogP contribution in [0.3, 0.4) is 0 Å². The van der Waals surface area contributed by atoms with Gasteiger partial charge in [0.15, 0.2) is 0 Å². The molecule has 0 bridgehead atoms. The summed E-state index contributed by atoms with van der Waals surface area (Å²) in [5.74, 6) is 2.30. The topological polar surface area (TPSA) is 160 Å². The number of aromatic nitrogens is 3. The number of piperidine rings is 2. The predicted octanol–water partition coefficient (Wildman–Crippen LogP) is 5.42. The number of anilines is 1. The number of methoxy groups -OCH3 is 1. The molecule has 16 heteroatoms. The Bertz CT molecular complexity index is 2690. The van der Waals surface area contributed by atoms with Crippen LogP contribution in [0.15, 0.2) is 83.9 Å². The third-order valence-electron chi connectivity index (χ3n) is 14.9. The van der Waals surface area contributed by atoms with Gasteiger partial charge in [-0.2, -0.15) is 0 Å². The fraction of sp³-hybridized carbons (Fsp3) is 0.491. The maximum absolute atomic E-state index is 13.8. The lowest BCUT2D eigenvalue weighted by Crippen LogP contribution is -2.50. The average Bonchev–Trinajstić information content (AvgIpc) is 3.41. The second-order valence-corrected chi connectivity index (χ2v) is 19.6. The van der Waals surface area contributed by atoms with Gasteiger partial charge < -0.3 is 39.4 Å². The first kappa shape index (κ1) is 49.6. The molecule has 3 aromatic heterocycles. The van der Waals surface area contributed by atoms with Gasteiger partial charge in [0.25, 0.3) is 17.4 Å². The number of piperazine rings is 2. The summed E-state index contributed by atoms with van der Waals surface area (Å²) in [4.78, 5) is 78.4. The maximum atomic E-state index is 13.8. The molecule has 4 aliphatic rings. The summed E-state index contributed by atoms with van der Waals surface area (Å²) in [6.07, 6.45) is 8.23. The molecule has 0 radical (unpaired) electrons. The van der Waals surface area contributed by atoms with Crippen molar-refractivity contribution in [3.63, 3.8) is 0 Å². The van der Waals surface area contributed by atoms with Gasteiger partial charge in [0.05, 0.1) is 43.2 Å². The zero-order chi connectivity index (χ0) is 49.3. The number of benzene rings is 2. The van der Waals surface area contributed by atoms with Crippen molar-refractivity contribution in [3.05, 3.63) is 123 Å². The number of pyridine rings is 3. The summed E-state index contributed by atoms with van der Waals surface area (Å²) < 4.78 is 11.2. The Morgan fingerprint density at radius 3 is 2.30 bits per heavy atom. The summed E-state index contributed by atoms with van der Waals surface area (Å²) in [7, 11) is 1.63. The molecule has 0 spiro atoms. The van der Waals surface area contributed by atoms with E-state index in [1.54, 1.807) is 7.11 Å². The molecule has 16 nitrogen and oxygen atoms in total. The van der Waals surface area contributed by atoms with Crippen LogP contribution in [0, 0.1) is 5.92 Å². The van der Waals surface area contributed by atoms with E-state index in [2.05, 4.69) is 41.0 Å². The van der Waals surface area contributed by atoms with Crippen LogP contribution in [-0.2, 0) is 24.3 Å². The lowest BCUT2D eigenvalue weighted by molar-refractivity contribution is -0.131. The Morgan fingerprint density at radius 2 is 1.55 bits per heavy atom. The lowest BCUT2D eigenvalue weighted by atomic mass is 9.89. The van der Waals surface area contributed by atoms with Gasteiger partial charge in [0.2, 0.25) is 5.91 Å². The molecule has 0 saturated carbocycles. The number of hydrogen-bond donors (Lipinski definition) is 2. The van der Waals surface area contributed by atoms with Crippen molar-refractivity contribution in [1.82, 2.24) is 44.8 Å². The lowest BCUT2D eigenvalue weighted by Gasteiger charge is -2.39. The standard InChI is InChI=1S/C55H70N10O6/c1-4-41-30-49-50(59-53(41)67)28-40(32-57-49)37-61-20-24-62(25-21-61)46-12-14-48(58-34-46)55(69)63-18-15-39(16-19-63)36-60-22-26-64(27-23-60)54(68)43-9-6-8-42(29-43)45-10-7-17-65(38-45)52(66)35-56-33-44-11-13-47(70-3)31-51(44)71-5-2/h6,8-9,11-14,28-32,34,39,45,56H,4-5,7,10,15-27,33,35-38H2,1-3H3,(H,59,67)/t45-/m0/s1. The molecule has 4 fully saturated rings. The van der Waals surface area contributed by atoms with Crippen LogP contribution >= 0.6 is 0 Å². The fourth-order valence-electron chi connectivity index (χ4n) is 10.7. The second kappa shape index (κ2) is 23.2. The number of nitrogens with zero attached hydrogens (tertiary/aromatic N) is 8. The second-order valence-electron chi connectivity index (χ2n) is 19.6. The molecule has 4 aliphatic heterocycles. The molecule has 2 aromatic carbocycles. The molecule has 7 heterocycles. The van der Waals surface area contributed by atoms with Gasteiger partial charge in [-0.3, -0.25) is 34.0 Å². The zero-order valence-electron chi connectivity index (χ0n) is 41.7. The minimum atomic E-state index is -0.0447. The smallest absolute Gasteiger partial charge is 0.272 e. The van der Waals surface area contributed by atoms with Crippen LogP contribution < -0.4 is 25.2 Å². The normalized spacial score (nSPS) is 18.5. The number of aromatic amines is 1. The van der Waals surface area contributed by atoms with E-state index in [0.29, 0.717) is 56.4 Å². The van der Waals surface area contributed by atoms with Crippen molar-refractivity contribution in [3.8, 4) is 11.5 Å². The number of aryl methyl sites for hydroxylation is 1. The van der Waals surface area contributed by atoms with Gasteiger partial charge in [0, 0.05) is 133 Å². The van der Waals surface area contributed by atoms with Crippen molar-refractivity contribution >= 4 is 34.4 Å². The Labute approximate surface area is 417 Å². The van der Waals surface area contributed by atoms with Gasteiger partial charge in [-0.15, -0.1) is 0 Å². The summed E-state index contributed by atoms with van der Waals surface area (Å²) in [6, 6.07) is 21.6. The van der Waals surface area contributed by atoms with Crippen LogP contribution in [0.4, 0.5) is 5.69 Å². The molecule has 0 aliphatic carbocycles. The number of nitrogens with one attached hydrogen (secondary N) is 2. The number of H-pyrrole nitrogens is 1. The van der Waals surface area contributed by atoms with Crippen LogP contribution in [-0.4, -0.2) is 163 Å². The number of carbonyl (C=O) groups is 3. The number of fused-ring (bicyclic) bond motifs is 1. The molecule has 3 amide bonds. The SMILES string of the molecule is CCOc1cc(OC)ccc1CNCC(=O)N1CCC[C@H](c2cccc(C(=O)N3CCN(CC4CCN(C(=O)c5ccc(N6CCN(Cc7cnc8cc(CC)c(=O)[nH]c8c7)CC6)cn5)CC4)CC3)c2)C1. The molecule has 71 heavy (non-hydrogen) atoms. The Morgan fingerprint density at radius 1 is 0.761 bits per heavy atom. The van der Waals surface area contributed by atoms with Crippen molar-refractivity contribution < 1.29 is 23.9 Å². The van der Waals surface area contributed by atoms with E-state index in [-0.39, 0.29) is 35.7 Å². The monoisotopic (exact) mass is 967 g/mol. The molecule has 4 saturated heterocycles. The first-order chi connectivity index (χ1) is 34.6. The highest BCUT2D eigenvalue weighted by Gasteiger charge is 2.30. The van der Waals surface area contributed by atoms with Gasteiger partial charge in [-0.1, -0.05) is 25.1 Å². The van der Waals surface area contributed by atoms with E-state index in [1.165, 1.54) is 0 Å². The number of likely N-dealkylation sites (tertiary alicyclic amines) is 2. The Hall–Kier alpha value is -6.36. The van der Waals surface area contributed by atoms with Crippen molar-refractivity contribution in [2.45, 2.75) is 65.0 Å². The van der Waals surface area contributed by atoms with Crippen LogP contribution in [0.25, 0.3) is 11.0 Å². The largest absolute Gasteiger partial charge is 0.497 e. The van der Waals surface area contributed by atoms with E-state index in [0.717, 1.165) is 148 Å². The fourth-order valence-corrected chi connectivity index (χ4v) is 10.7. The van der Waals surface area contributed by atoms with Gasteiger partial charge in [0.1, 0.15) is 17.2 Å². The van der Waals surface area contributed by atoms with Crippen molar-refractivity contribution in [1.29, 1.82) is 0 Å². The summed E-state index contributed by atoms with van der Waals surface area (Å²) in [5, 5.41) is 3.32. The first-order valence-corrected chi connectivity index (χ1v) is 25.8. The maximum Gasteiger partial charge on any atom is 0.272 e. The quantitative estimate of drug-likeness (QED) is 0.130. The number of hydrogen-bond acceptors (Lipinski definition) is 12. The highest BCUT2D eigenvalue weighted by molar-refractivity contribution is 5.94. The first-order valence-electron chi connectivity index (χ1n) is 25.8. The highest BCUT2D eigenvalue weighted by Crippen LogP contribution is 2.29. The Balaban J connectivity index is 0.676. The summed E-state index contributed by atoms with van der Waals surface area (Å²) >= 11 is 0. The molecule has 9 rings (SSSR count). The number of ether oxygens (including phenoxy) is 2. The van der Waals surface area contributed by atoms with Crippen LogP contribution in [0.2, 0.25) is 0 Å². The third kappa shape index (κ3) is 12.2. The van der Waals surface area contributed by atoms with Crippen molar-refractivity contribution in [2.24, 2.45) is 5.92 Å². The molecule has 376 valence electrons. The molecule has 5 aromatic rings. The molecule has 0 unspecified atom stereocenters. The molecular formula is C55H70N10O6. The molecule has 2 N–H and O–H groups in total. The van der Waals surface area contributed by atoms with Gasteiger partial charge in [-0.25, -0.2) is 4.98 Å². The van der Waals surface area contributed by atoms with Gasteiger partial charge >= 0.3 is 0 Å². The van der Waals surface area contributed by atoms with Crippen LogP contribution in [0.1, 0.15) is 88.5 Å². The van der Waals surface area contributed by atoms with Gasteiger partial charge in [-0.05, 0) is 98.5 Å². The molecule has 1 atom stereocenters. The Kier molecular flexibility index (Phi) is 16.2. The minimum Gasteiger partial charge on any atom is -0.497 e. The predicted molar refractivity (Wildman–Crippen MR) is 275 cm³/mol. The molecular weight excluding hydrogens is 897 g/mol. The summed E-state index contributed by atoms with van der Waals surface area (Å²) in [5.41, 5.74) is 7.69. The highest BCUT2D eigenvalue weighted by atomic mass is 16.5. The van der Waals surface area contributed by atoms with Crippen molar-refractivity contribution in [2.75, 3.05) is 110 Å².